The molecule has 6 heterocycles. The Morgan fingerprint density at radius 3 is 0.500 bits per heavy atom. The van der Waals surface area contributed by atoms with Crippen LogP contribution in [0.3, 0.4) is 0 Å². The fourth-order valence-electron chi connectivity index (χ4n) is 13.6. The number of fused-ring (bicyclic) bond motifs is 12. The summed E-state index contributed by atoms with van der Waals surface area (Å²) < 4.78 is 9.37. The zero-order valence-electron chi connectivity index (χ0n) is 47.4. The lowest BCUT2D eigenvalue weighted by atomic mass is 10.1. The normalized spacial score (nSPS) is 11.9. The van der Waals surface area contributed by atoms with E-state index in [1.165, 1.54) is 43.1 Å². The lowest BCUT2D eigenvalue weighted by Gasteiger charge is -2.14. The highest BCUT2D eigenvalue weighted by Crippen LogP contribution is 2.39. The number of para-hydroxylation sites is 8. The minimum Gasteiger partial charge on any atom is -0.309 e. The third-order valence-electron chi connectivity index (χ3n) is 17.7. The van der Waals surface area contributed by atoms with Gasteiger partial charge in [-0.15, -0.1) is 0 Å². The Hall–Kier alpha value is -12.0. The van der Waals surface area contributed by atoms with E-state index in [0.717, 1.165) is 112 Å². The van der Waals surface area contributed by atoms with Crippen molar-refractivity contribution in [2.45, 2.75) is 0 Å². The summed E-state index contributed by atoms with van der Waals surface area (Å²) in [4.78, 5) is 21.8. The molecule has 0 saturated carbocycles. The van der Waals surface area contributed by atoms with Crippen molar-refractivity contribution in [3.05, 3.63) is 303 Å². The molecule has 18 aromatic rings. The summed E-state index contributed by atoms with van der Waals surface area (Å²) in [6.45, 7) is 0. The van der Waals surface area contributed by atoms with Crippen LogP contribution in [-0.2, 0) is 0 Å². The number of hydrogen-bond donors (Lipinski definition) is 0. The molecule has 0 fully saturated rings. The molecule has 8 nitrogen and oxygen atoms in total. The van der Waals surface area contributed by atoms with Crippen LogP contribution in [-0.4, -0.2) is 38.2 Å². The predicted octanol–water partition coefficient (Wildman–Crippen LogP) is 20.0. The van der Waals surface area contributed by atoms with E-state index in [0.29, 0.717) is 11.6 Å². The maximum absolute atomic E-state index is 5.45. The van der Waals surface area contributed by atoms with Crippen LogP contribution >= 0.6 is 0 Å². The van der Waals surface area contributed by atoms with E-state index in [1.807, 2.05) is 0 Å². The topological polar surface area (TPSA) is 71.3 Å². The highest BCUT2D eigenvalue weighted by atomic mass is 15.0. The second kappa shape index (κ2) is 19.8. The summed E-state index contributed by atoms with van der Waals surface area (Å²) in [6, 6.07) is 108. The molecule has 0 aliphatic carbocycles. The summed E-state index contributed by atoms with van der Waals surface area (Å²) in [5, 5.41) is 9.75. The van der Waals surface area contributed by atoms with Crippen LogP contribution in [0.2, 0.25) is 0 Å². The van der Waals surface area contributed by atoms with Crippen LogP contribution in [0.1, 0.15) is 0 Å². The van der Waals surface area contributed by atoms with Crippen molar-refractivity contribution in [1.82, 2.24) is 38.2 Å². The highest BCUT2D eigenvalue weighted by molar-refractivity contribution is 6.12. The summed E-state index contributed by atoms with van der Waals surface area (Å²) in [5.74, 6) is 0.828. The van der Waals surface area contributed by atoms with Gasteiger partial charge in [-0.3, -0.25) is 0 Å². The Balaban J connectivity index is 0.805. The van der Waals surface area contributed by atoms with E-state index in [1.54, 1.807) is 0 Å². The fraction of sp³-hybridized carbons (Fsp3) is 0. The van der Waals surface area contributed by atoms with E-state index in [4.69, 9.17) is 19.9 Å². The minimum absolute atomic E-state index is 0.414. The molecule has 0 N–H and O–H groups in total. The van der Waals surface area contributed by atoms with Gasteiger partial charge in [-0.05, 0) is 109 Å². The Morgan fingerprint density at radius 1 is 0.170 bits per heavy atom. The van der Waals surface area contributed by atoms with Gasteiger partial charge in [0.2, 0.25) is 0 Å². The summed E-state index contributed by atoms with van der Waals surface area (Å²) in [7, 11) is 0. The van der Waals surface area contributed by atoms with Gasteiger partial charge in [-0.1, -0.05) is 194 Å². The standard InChI is InChI=1S/C80H50N8/c1-9-25-71-59(17-1)60-18-2-10-26-72(60)85(71)55-41-33-51(34-42-55)67-49-68(52-35-43-56(44-36-52)86-73-27-11-3-19-61(73)62-20-4-12-28-74(62)86)82-79(81-67)80-83-69(53-37-45-57(46-38-53)87-75-29-13-5-21-63(75)64-22-6-14-30-76(64)87)50-70(84-80)54-39-47-58(48-40-54)88-77-31-15-7-23-65(77)66-24-8-16-32-78(66)88/h1-50H. The molecule has 6 aromatic heterocycles. The van der Waals surface area contributed by atoms with Gasteiger partial charge in [0.25, 0.3) is 0 Å². The van der Waals surface area contributed by atoms with Gasteiger partial charge in [0.1, 0.15) is 0 Å². The van der Waals surface area contributed by atoms with Crippen LogP contribution in [0.15, 0.2) is 303 Å². The van der Waals surface area contributed by atoms with Crippen LogP contribution in [0.5, 0.6) is 0 Å². The third kappa shape index (κ3) is 7.86. The quantitative estimate of drug-likeness (QED) is 0.144. The molecular formula is C80H50N8. The van der Waals surface area contributed by atoms with Crippen molar-refractivity contribution in [2.75, 3.05) is 0 Å². The molecule has 88 heavy (non-hydrogen) atoms. The molecule has 0 bridgehead atoms. The summed E-state index contributed by atoms with van der Waals surface area (Å²) in [5.41, 5.74) is 20.2. The van der Waals surface area contributed by atoms with E-state index < -0.39 is 0 Å². The average molecular weight is 1120 g/mol. The maximum atomic E-state index is 5.45. The molecule has 0 amide bonds. The highest BCUT2D eigenvalue weighted by Gasteiger charge is 2.21. The van der Waals surface area contributed by atoms with Crippen molar-refractivity contribution in [2.24, 2.45) is 0 Å². The van der Waals surface area contributed by atoms with E-state index in [9.17, 15) is 0 Å². The smallest absolute Gasteiger partial charge is 0.198 e. The lowest BCUT2D eigenvalue weighted by molar-refractivity contribution is 1.09. The van der Waals surface area contributed by atoms with Gasteiger partial charge in [-0.2, -0.15) is 0 Å². The third-order valence-corrected chi connectivity index (χ3v) is 17.7. The molecule has 8 heteroatoms. The first kappa shape index (κ1) is 49.4. The first-order valence-corrected chi connectivity index (χ1v) is 29.8. The van der Waals surface area contributed by atoms with Crippen LogP contribution in [0.4, 0.5) is 0 Å². The minimum atomic E-state index is 0.414. The second-order valence-corrected chi connectivity index (χ2v) is 22.6. The van der Waals surface area contributed by atoms with Gasteiger partial charge in [-0.25, -0.2) is 19.9 Å². The monoisotopic (exact) mass is 1120 g/mol. The van der Waals surface area contributed by atoms with Crippen molar-refractivity contribution in [3.63, 3.8) is 0 Å². The van der Waals surface area contributed by atoms with Gasteiger partial charge in [0.05, 0.1) is 66.9 Å². The van der Waals surface area contributed by atoms with Gasteiger partial charge >= 0.3 is 0 Å². The molecule has 0 spiro atoms. The largest absolute Gasteiger partial charge is 0.309 e. The number of benzene rings is 12. The lowest BCUT2D eigenvalue weighted by Crippen LogP contribution is -2.02. The SMILES string of the molecule is c1ccc2c(c1)c1ccccc1n2-c1ccc(-c2cc(-c3ccc(-n4c5ccccc5c5ccccc54)cc3)nc(-c3nc(-c4ccc(-n5c6ccccc6c6ccccc65)cc4)cc(-c4ccc(-n5c6ccccc6c6ccccc65)cc4)n3)n2)cc1. The Labute approximate surface area is 505 Å². The first-order valence-electron chi connectivity index (χ1n) is 29.8. The summed E-state index contributed by atoms with van der Waals surface area (Å²) >= 11 is 0. The fourth-order valence-corrected chi connectivity index (χ4v) is 13.6. The molecule has 18 rings (SSSR count). The average Bonchev–Trinajstić information content (AvgIpc) is 2.08. The molecular weight excluding hydrogens is 1070 g/mol. The molecule has 0 aliphatic rings. The molecule has 0 unspecified atom stereocenters. The number of nitrogens with zero attached hydrogens (tertiary/aromatic N) is 8. The molecule has 0 aliphatic heterocycles. The summed E-state index contributed by atoms with van der Waals surface area (Å²) in [6.07, 6.45) is 0. The number of rotatable bonds is 9. The number of aromatic nitrogens is 8. The molecule has 410 valence electrons. The van der Waals surface area contributed by atoms with Gasteiger partial charge in [0, 0.05) is 88.1 Å². The van der Waals surface area contributed by atoms with Crippen LogP contribution < -0.4 is 0 Å². The van der Waals surface area contributed by atoms with E-state index in [-0.39, 0.29) is 0 Å². The van der Waals surface area contributed by atoms with Crippen molar-refractivity contribution < 1.29 is 0 Å². The van der Waals surface area contributed by atoms with Crippen molar-refractivity contribution >= 4 is 87.2 Å². The van der Waals surface area contributed by atoms with E-state index in [2.05, 4.69) is 322 Å². The van der Waals surface area contributed by atoms with Crippen LogP contribution in [0, 0.1) is 0 Å². The van der Waals surface area contributed by atoms with Crippen molar-refractivity contribution in [1.29, 1.82) is 0 Å². The molecule has 0 saturated heterocycles. The number of hydrogen-bond acceptors (Lipinski definition) is 4. The zero-order chi connectivity index (χ0) is 57.8. The van der Waals surface area contributed by atoms with Crippen molar-refractivity contribution in [3.8, 4) is 79.4 Å². The zero-order valence-corrected chi connectivity index (χ0v) is 47.4. The second-order valence-electron chi connectivity index (χ2n) is 22.6. The molecule has 0 atom stereocenters. The molecule has 0 radical (unpaired) electrons. The maximum Gasteiger partial charge on any atom is 0.198 e. The Morgan fingerprint density at radius 2 is 0.330 bits per heavy atom. The van der Waals surface area contributed by atoms with Gasteiger partial charge in [0.15, 0.2) is 11.6 Å². The Bertz CT molecular complexity index is 4860. The van der Waals surface area contributed by atoms with Gasteiger partial charge < -0.3 is 18.3 Å². The Kier molecular flexibility index (Phi) is 11.1. The van der Waals surface area contributed by atoms with E-state index >= 15 is 0 Å². The first-order chi connectivity index (χ1) is 43.6. The van der Waals surface area contributed by atoms with Crippen LogP contribution in [0.25, 0.3) is 167 Å². The predicted molar refractivity (Wildman–Crippen MR) is 362 cm³/mol. The molecule has 12 aromatic carbocycles.